The van der Waals surface area contributed by atoms with Gasteiger partial charge in [0.25, 0.3) is 0 Å². The molecule has 0 saturated carbocycles. The van der Waals surface area contributed by atoms with Gasteiger partial charge in [0.1, 0.15) is 12.1 Å². The highest BCUT2D eigenvalue weighted by Gasteiger charge is 2.35. The number of halogens is 4. The molecule has 2 rings (SSSR count). The third kappa shape index (κ3) is 17.3. The molecule has 0 aromatic carbocycles. The average molecular weight is 631 g/mol. The van der Waals surface area contributed by atoms with Gasteiger partial charge in [-0.2, -0.15) is 13.2 Å². The zero-order chi connectivity index (χ0) is 35.2. The molecule has 7 heteroatoms. The second-order valence-electron chi connectivity index (χ2n) is 11.3. The van der Waals surface area contributed by atoms with Gasteiger partial charge in [-0.1, -0.05) is 101 Å². The lowest BCUT2D eigenvalue weighted by molar-refractivity contribution is -0.105. The van der Waals surface area contributed by atoms with Crippen molar-refractivity contribution >= 4 is 6.29 Å². The van der Waals surface area contributed by atoms with E-state index in [0.717, 1.165) is 24.0 Å². The predicted octanol–water partition coefficient (Wildman–Crippen LogP) is 11.6. The molecule has 0 fully saturated rings. The molecule has 1 heterocycles. The number of allylic oxidation sites excluding steroid dienone is 16. The molecular weight excluding hydrogens is 576 g/mol. The van der Waals surface area contributed by atoms with Gasteiger partial charge in [-0.3, -0.25) is 4.79 Å². The van der Waals surface area contributed by atoms with Crippen molar-refractivity contribution in [3.05, 3.63) is 132 Å². The molecule has 1 aliphatic heterocycles. The smallest absolute Gasteiger partial charge is 0.345 e. The Morgan fingerprint density at radius 1 is 1.07 bits per heavy atom. The van der Waals surface area contributed by atoms with Crippen molar-refractivity contribution in [2.75, 3.05) is 0 Å². The van der Waals surface area contributed by atoms with Crippen molar-refractivity contribution in [2.24, 2.45) is 11.3 Å². The summed E-state index contributed by atoms with van der Waals surface area (Å²) < 4.78 is 52.3. The fourth-order valence-corrected chi connectivity index (χ4v) is 3.96. The average Bonchev–Trinajstić information content (AvgIpc) is 3.23. The van der Waals surface area contributed by atoms with E-state index in [1.165, 1.54) is 17.7 Å². The van der Waals surface area contributed by atoms with Crippen LogP contribution in [0.4, 0.5) is 17.6 Å². The van der Waals surface area contributed by atoms with E-state index in [1.807, 2.05) is 86.6 Å². The van der Waals surface area contributed by atoms with Crippen molar-refractivity contribution < 1.29 is 22.4 Å². The number of alkyl halides is 3. The summed E-state index contributed by atoms with van der Waals surface area (Å²) in [6.45, 7) is 28.6. The Bertz CT molecular complexity index is 1220. The van der Waals surface area contributed by atoms with Crippen molar-refractivity contribution in [3.8, 4) is 0 Å². The molecule has 0 bridgehead atoms. The van der Waals surface area contributed by atoms with E-state index in [0.29, 0.717) is 47.5 Å². The topological polar surface area (TPSA) is 41.1 Å². The fraction of sp³-hybridized carbons (Fsp3) is 0.395. The van der Waals surface area contributed by atoms with Gasteiger partial charge in [0, 0.05) is 22.9 Å². The number of rotatable bonds is 8. The summed E-state index contributed by atoms with van der Waals surface area (Å²) in [5.41, 5.74) is 3.21. The van der Waals surface area contributed by atoms with Crippen LogP contribution < -0.4 is 10.6 Å². The molecule has 3 nitrogen and oxygen atoms in total. The van der Waals surface area contributed by atoms with Crippen molar-refractivity contribution in [2.45, 2.75) is 87.8 Å². The van der Waals surface area contributed by atoms with E-state index in [9.17, 15) is 22.4 Å². The van der Waals surface area contributed by atoms with Gasteiger partial charge in [-0.15, -0.1) is 6.58 Å². The molecule has 2 N–H and O–H groups in total. The molecule has 0 radical (unpaired) electrons. The highest BCUT2D eigenvalue weighted by molar-refractivity contribution is 5.79. The molecule has 0 aromatic rings. The second-order valence-corrected chi connectivity index (χ2v) is 11.3. The van der Waals surface area contributed by atoms with Gasteiger partial charge in [0.15, 0.2) is 0 Å². The van der Waals surface area contributed by atoms with E-state index in [2.05, 4.69) is 30.4 Å². The number of hydrogen-bond donors (Lipinski definition) is 2. The Morgan fingerprint density at radius 2 is 1.64 bits per heavy atom. The third-order valence-electron chi connectivity index (χ3n) is 6.29. The largest absolute Gasteiger partial charge is 0.416 e. The maximum absolute atomic E-state index is 13.2. The van der Waals surface area contributed by atoms with Crippen LogP contribution in [0.2, 0.25) is 0 Å². The summed E-state index contributed by atoms with van der Waals surface area (Å²) in [7, 11) is 0. The predicted molar refractivity (Wildman–Crippen MR) is 186 cm³/mol. The summed E-state index contributed by atoms with van der Waals surface area (Å²) in [6.07, 6.45) is 14.0. The van der Waals surface area contributed by atoms with E-state index < -0.39 is 17.7 Å². The number of aldehydes is 1. The maximum atomic E-state index is 13.2. The van der Waals surface area contributed by atoms with Gasteiger partial charge in [-0.25, -0.2) is 4.39 Å². The van der Waals surface area contributed by atoms with Crippen LogP contribution in [-0.2, 0) is 4.79 Å². The number of dihydropyridines is 1. The van der Waals surface area contributed by atoms with Crippen LogP contribution >= 0.6 is 0 Å². The van der Waals surface area contributed by atoms with E-state index >= 15 is 0 Å². The van der Waals surface area contributed by atoms with E-state index in [4.69, 9.17) is 0 Å². The molecular formula is C38H54F4N2O. The van der Waals surface area contributed by atoms with Crippen LogP contribution in [0.1, 0.15) is 81.6 Å². The quantitative estimate of drug-likeness (QED) is 0.121. The Balaban J connectivity index is 0. The lowest BCUT2D eigenvalue weighted by atomic mass is 9.77. The van der Waals surface area contributed by atoms with Gasteiger partial charge in [-0.05, 0) is 76.5 Å². The summed E-state index contributed by atoms with van der Waals surface area (Å²) in [5, 5.41) is 6.33. The summed E-state index contributed by atoms with van der Waals surface area (Å²) in [4.78, 5) is 12.2. The summed E-state index contributed by atoms with van der Waals surface area (Å²) in [6, 6.07) is 0. The lowest BCUT2D eigenvalue weighted by Crippen LogP contribution is -2.36. The first-order valence-electron chi connectivity index (χ1n) is 15.0. The molecule has 45 heavy (non-hydrogen) atoms. The lowest BCUT2D eigenvalue weighted by Gasteiger charge is -2.35. The molecule has 250 valence electrons. The Labute approximate surface area is 270 Å². The van der Waals surface area contributed by atoms with Crippen molar-refractivity contribution in [1.29, 1.82) is 0 Å². The summed E-state index contributed by atoms with van der Waals surface area (Å²) in [5.74, 6) is 0.0333. The highest BCUT2D eigenvalue weighted by Crippen LogP contribution is 2.40. The zero-order valence-corrected chi connectivity index (χ0v) is 28.7. The first-order valence-corrected chi connectivity index (χ1v) is 15.0. The van der Waals surface area contributed by atoms with Crippen molar-refractivity contribution in [3.63, 3.8) is 0 Å². The van der Waals surface area contributed by atoms with E-state index in [1.54, 1.807) is 12.2 Å². The van der Waals surface area contributed by atoms with Crippen LogP contribution in [-0.4, -0.2) is 12.5 Å². The second kappa shape index (κ2) is 22.6. The number of carbonyl (C=O) groups is 1. The van der Waals surface area contributed by atoms with Crippen LogP contribution in [0.15, 0.2) is 132 Å². The summed E-state index contributed by atoms with van der Waals surface area (Å²) >= 11 is 0. The SMILES string of the molecule is C/C=C\C.C=C(/C=C/F)NC1=C(CC)C(C2=CCC=C(C(F)(F)F)C=C2)C(C=O)=C(CC(C)(C)C)N1.C=C/C(C)=C\C.C=CC. The zero-order valence-electron chi connectivity index (χ0n) is 28.7. The molecule has 1 unspecified atom stereocenters. The normalized spacial score (nSPS) is 16.9. The van der Waals surface area contributed by atoms with Gasteiger partial charge < -0.3 is 10.6 Å². The number of nitrogens with one attached hydrogen (secondary N) is 2. The van der Waals surface area contributed by atoms with Crippen LogP contribution in [0.3, 0.4) is 0 Å². The molecule has 1 aliphatic carbocycles. The minimum atomic E-state index is -4.44. The maximum Gasteiger partial charge on any atom is 0.416 e. The Morgan fingerprint density at radius 3 is 2.02 bits per heavy atom. The first kappa shape index (κ1) is 43.3. The number of hydrogen-bond acceptors (Lipinski definition) is 3. The van der Waals surface area contributed by atoms with Gasteiger partial charge >= 0.3 is 6.18 Å². The third-order valence-corrected chi connectivity index (χ3v) is 6.29. The van der Waals surface area contributed by atoms with Crippen LogP contribution in [0.5, 0.6) is 0 Å². The van der Waals surface area contributed by atoms with Crippen LogP contribution in [0.25, 0.3) is 0 Å². The molecule has 2 aliphatic rings. The molecule has 1 atom stereocenters. The fourth-order valence-electron chi connectivity index (χ4n) is 3.96. The van der Waals surface area contributed by atoms with E-state index in [-0.39, 0.29) is 11.8 Å². The standard InChI is InChI=1S/C25H30F4N2O.C6H10.C4H8.C3H6/c1-6-19-22(17-8-7-9-18(11-10-17)25(27,28)29)20(15-32)21(14-24(3,4)5)31-23(19)30-16(2)12-13-26;1-4-6(3)5-2;1-3-4-2;1-3-2/h8-13,15,22,30-31H,2,6-7,14H2,1,3-5H3;4-5H,1H2,2-3H3;3-4H,1-2H3;3H,1H2,2H3/b13-12+;6-5-;4-3-;. The van der Waals surface area contributed by atoms with Gasteiger partial charge in [0.05, 0.1) is 11.9 Å². The van der Waals surface area contributed by atoms with Crippen LogP contribution in [0, 0.1) is 11.3 Å². The molecule has 0 saturated heterocycles. The molecule has 0 spiro atoms. The Hall–Kier alpha value is -3.87. The Kier molecular flexibility index (Phi) is 21.7. The minimum absolute atomic E-state index is 0.0961. The molecule has 0 amide bonds. The monoisotopic (exact) mass is 630 g/mol. The first-order chi connectivity index (χ1) is 21.0. The minimum Gasteiger partial charge on any atom is -0.345 e. The van der Waals surface area contributed by atoms with Gasteiger partial charge in [0.2, 0.25) is 0 Å². The van der Waals surface area contributed by atoms with Crippen molar-refractivity contribution in [1.82, 2.24) is 10.6 Å². The number of carbonyl (C=O) groups excluding carboxylic acids is 1. The molecule has 0 aromatic heterocycles. The highest BCUT2D eigenvalue weighted by atomic mass is 19.4.